The summed E-state index contributed by atoms with van der Waals surface area (Å²) in [7, 11) is -1.18. The molecular formula is C13H14O2Si. The fraction of sp³-hybridized carbons (Fsp3) is 0.0769. The predicted molar refractivity (Wildman–Crippen MR) is 68.5 cm³/mol. The van der Waals surface area contributed by atoms with E-state index in [-0.39, 0.29) is 0 Å². The standard InChI is InChI=1S/C13H14O2Si/c1-16(12-6-2-10(14)3-7-12)13-8-4-11(15)5-9-13/h2-9,14-16H,1H3. The molecule has 0 aliphatic heterocycles. The molecule has 2 rings (SSSR count). The molecule has 0 heterocycles. The van der Waals surface area contributed by atoms with Crippen LogP contribution in [-0.2, 0) is 0 Å². The van der Waals surface area contributed by atoms with Crippen molar-refractivity contribution in [2.45, 2.75) is 6.55 Å². The zero-order chi connectivity index (χ0) is 11.5. The van der Waals surface area contributed by atoms with E-state index >= 15 is 0 Å². The van der Waals surface area contributed by atoms with Gasteiger partial charge in [-0.05, 0) is 24.3 Å². The Kier molecular flexibility index (Phi) is 2.97. The molecular weight excluding hydrogens is 216 g/mol. The lowest BCUT2D eigenvalue weighted by molar-refractivity contribution is 0.475. The summed E-state index contributed by atoms with van der Waals surface area (Å²) in [6.07, 6.45) is 0. The van der Waals surface area contributed by atoms with Crippen LogP contribution < -0.4 is 10.4 Å². The maximum Gasteiger partial charge on any atom is 0.115 e. The summed E-state index contributed by atoms with van der Waals surface area (Å²) < 4.78 is 0. The van der Waals surface area contributed by atoms with Crippen LogP contribution in [-0.4, -0.2) is 19.0 Å². The van der Waals surface area contributed by atoms with Crippen molar-refractivity contribution in [1.82, 2.24) is 0 Å². The van der Waals surface area contributed by atoms with Gasteiger partial charge in [-0.3, -0.25) is 0 Å². The number of aromatic hydroxyl groups is 2. The van der Waals surface area contributed by atoms with Crippen molar-refractivity contribution in [3.05, 3.63) is 48.5 Å². The predicted octanol–water partition coefficient (Wildman–Crippen LogP) is 1.07. The van der Waals surface area contributed by atoms with Crippen molar-refractivity contribution in [1.29, 1.82) is 0 Å². The summed E-state index contributed by atoms with van der Waals surface area (Å²) in [6.45, 7) is 2.23. The lowest BCUT2D eigenvalue weighted by Crippen LogP contribution is -2.38. The van der Waals surface area contributed by atoms with Gasteiger partial charge in [-0.25, -0.2) is 0 Å². The van der Waals surface area contributed by atoms with Gasteiger partial charge in [0.25, 0.3) is 0 Å². The van der Waals surface area contributed by atoms with Gasteiger partial charge < -0.3 is 10.2 Å². The number of hydrogen-bond acceptors (Lipinski definition) is 2. The highest BCUT2D eigenvalue weighted by atomic mass is 28.3. The first kappa shape index (κ1) is 10.8. The third-order valence-corrected chi connectivity index (χ3v) is 5.56. The van der Waals surface area contributed by atoms with Gasteiger partial charge in [0.15, 0.2) is 0 Å². The quantitative estimate of drug-likeness (QED) is 0.758. The van der Waals surface area contributed by atoms with Crippen LogP contribution in [0.4, 0.5) is 0 Å². The van der Waals surface area contributed by atoms with E-state index in [9.17, 15) is 10.2 Å². The van der Waals surface area contributed by atoms with Crippen molar-refractivity contribution >= 4 is 19.2 Å². The van der Waals surface area contributed by atoms with Crippen molar-refractivity contribution < 1.29 is 10.2 Å². The molecule has 0 saturated carbocycles. The van der Waals surface area contributed by atoms with Gasteiger partial charge in [-0.1, -0.05) is 41.2 Å². The van der Waals surface area contributed by atoms with Crippen molar-refractivity contribution in [3.63, 3.8) is 0 Å². The van der Waals surface area contributed by atoms with Crippen LogP contribution >= 0.6 is 0 Å². The molecule has 3 heteroatoms. The molecule has 0 aliphatic rings. The molecule has 0 bridgehead atoms. The Balaban J connectivity index is 2.28. The average molecular weight is 230 g/mol. The number of phenols is 2. The molecule has 16 heavy (non-hydrogen) atoms. The first-order valence-corrected chi connectivity index (χ1v) is 7.55. The highest BCUT2D eigenvalue weighted by molar-refractivity contribution is 6.84. The number of benzene rings is 2. The largest absolute Gasteiger partial charge is 0.508 e. The van der Waals surface area contributed by atoms with Crippen LogP contribution in [0.15, 0.2) is 48.5 Å². The summed E-state index contributed by atoms with van der Waals surface area (Å²) >= 11 is 0. The summed E-state index contributed by atoms with van der Waals surface area (Å²) in [6, 6.07) is 14.8. The van der Waals surface area contributed by atoms with Crippen LogP contribution in [0.25, 0.3) is 0 Å². The van der Waals surface area contributed by atoms with E-state index in [1.165, 1.54) is 10.4 Å². The molecule has 2 aromatic rings. The first-order valence-electron chi connectivity index (χ1n) is 5.24. The lowest BCUT2D eigenvalue weighted by atomic mass is 10.3. The van der Waals surface area contributed by atoms with Gasteiger partial charge >= 0.3 is 0 Å². The Morgan fingerprint density at radius 3 is 1.31 bits per heavy atom. The molecule has 2 N–H and O–H groups in total. The lowest BCUT2D eigenvalue weighted by Gasteiger charge is -2.10. The Bertz CT molecular complexity index is 417. The maximum atomic E-state index is 9.23. The number of phenolic OH excluding ortho intramolecular Hbond substituents is 2. The van der Waals surface area contributed by atoms with Gasteiger partial charge in [0.05, 0.1) is 8.80 Å². The first-order chi connectivity index (χ1) is 7.66. The third-order valence-electron chi connectivity index (χ3n) is 2.79. The summed E-state index contributed by atoms with van der Waals surface area (Å²) in [5.74, 6) is 0.603. The molecule has 0 aliphatic carbocycles. The summed E-state index contributed by atoms with van der Waals surface area (Å²) in [4.78, 5) is 0. The molecule has 2 aromatic carbocycles. The van der Waals surface area contributed by atoms with Gasteiger partial charge in [0, 0.05) is 0 Å². The molecule has 0 amide bonds. The van der Waals surface area contributed by atoms with E-state index < -0.39 is 8.80 Å². The Morgan fingerprint density at radius 2 is 1.00 bits per heavy atom. The van der Waals surface area contributed by atoms with Gasteiger partial charge in [-0.2, -0.15) is 0 Å². The van der Waals surface area contributed by atoms with Crippen LogP contribution in [0.5, 0.6) is 11.5 Å². The monoisotopic (exact) mass is 230 g/mol. The van der Waals surface area contributed by atoms with Gasteiger partial charge in [0.2, 0.25) is 0 Å². The molecule has 0 spiro atoms. The van der Waals surface area contributed by atoms with E-state index in [1.807, 2.05) is 24.3 Å². The van der Waals surface area contributed by atoms with Crippen LogP contribution in [0.3, 0.4) is 0 Å². The van der Waals surface area contributed by atoms with Crippen LogP contribution in [0.2, 0.25) is 6.55 Å². The molecule has 0 fully saturated rings. The molecule has 0 radical (unpaired) electrons. The topological polar surface area (TPSA) is 40.5 Å². The van der Waals surface area contributed by atoms with Gasteiger partial charge in [0.1, 0.15) is 11.5 Å². The van der Waals surface area contributed by atoms with E-state index in [4.69, 9.17) is 0 Å². The van der Waals surface area contributed by atoms with Gasteiger partial charge in [-0.15, -0.1) is 0 Å². The van der Waals surface area contributed by atoms with Crippen molar-refractivity contribution in [3.8, 4) is 11.5 Å². The van der Waals surface area contributed by atoms with E-state index in [0.717, 1.165) is 0 Å². The second-order valence-corrected chi connectivity index (χ2v) is 6.68. The Morgan fingerprint density at radius 1 is 0.688 bits per heavy atom. The molecule has 0 saturated heterocycles. The second kappa shape index (κ2) is 4.41. The van der Waals surface area contributed by atoms with Crippen LogP contribution in [0, 0.1) is 0 Å². The molecule has 82 valence electrons. The Labute approximate surface area is 96.4 Å². The minimum absolute atomic E-state index is 0.302. The SMILES string of the molecule is C[SiH](c1ccc(O)cc1)c1ccc(O)cc1. The van der Waals surface area contributed by atoms with Crippen molar-refractivity contribution in [2.75, 3.05) is 0 Å². The molecule has 0 atom stereocenters. The van der Waals surface area contributed by atoms with E-state index in [0.29, 0.717) is 11.5 Å². The third kappa shape index (κ3) is 2.25. The maximum absolute atomic E-state index is 9.23. The molecule has 2 nitrogen and oxygen atoms in total. The Hall–Kier alpha value is -1.74. The number of rotatable bonds is 2. The fourth-order valence-electron chi connectivity index (χ4n) is 1.72. The fourth-order valence-corrected chi connectivity index (χ4v) is 3.64. The van der Waals surface area contributed by atoms with Crippen molar-refractivity contribution in [2.24, 2.45) is 0 Å². The molecule has 0 aromatic heterocycles. The zero-order valence-corrected chi connectivity index (χ0v) is 10.2. The normalized spacial score (nSPS) is 10.6. The smallest absolute Gasteiger partial charge is 0.115 e. The average Bonchev–Trinajstić information content (AvgIpc) is 2.30. The minimum Gasteiger partial charge on any atom is -0.508 e. The summed E-state index contributed by atoms with van der Waals surface area (Å²) in [5.41, 5.74) is 0. The summed E-state index contributed by atoms with van der Waals surface area (Å²) in [5, 5.41) is 21.0. The number of hydrogen-bond donors (Lipinski definition) is 2. The highest BCUT2D eigenvalue weighted by Crippen LogP contribution is 2.06. The molecule has 0 unspecified atom stereocenters. The highest BCUT2D eigenvalue weighted by Gasteiger charge is 2.09. The minimum atomic E-state index is -1.18. The van der Waals surface area contributed by atoms with E-state index in [2.05, 4.69) is 6.55 Å². The van der Waals surface area contributed by atoms with E-state index in [1.54, 1.807) is 24.3 Å². The zero-order valence-electron chi connectivity index (χ0n) is 9.09. The van der Waals surface area contributed by atoms with Crippen LogP contribution in [0.1, 0.15) is 0 Å². The second-order valence-electron chi connectivity index (χ2n) is 3.90.